The minimum Gasteiger partial charge on any atom is -0.377 e. The first kappa shape index (κ1) is 16.8. The van der Waals surface area contributed by atoms with E-state index in [1.54, 1.807) is 11.3 Å². The van der Waals surface area contributed by atoms with Gasteiger partial charge in [0.1, 0.15) is 5.00 Å². The molecule has 0 saturated carbocycles. The minimum absolute atomic E-state index is 0.0835. The molecule has 4 nitrogen and oxygen atoms in total. The van der Waals surface area contributed by atoms with Crippen molar-refractivity contribution in [2.24, 2.45) is 0 Å². The lowest BCUT2D eigenvalue weighted by molar-refractivity contribution is 0.0663. The van der Waals surface area contributed by atoms with Gasteiger partial charge in [-0.1, -0.05) is 18.2 Å². The second kappa shape index (κ2) is 6.90. The fourth-order valence-electron chi connectivity index (χ4n) is 3.69. The number of aryl methyl sites for hydroxylation is 1. The molecule has 2 aliphatic rings. The summed E-state index contributed by atoms with van der Waals surface area (Å²) < 4.78 is 5.82. The van der Waals surface area contributed by atoms with E-state index < -0.39 is 0 Å². The third kappa shape index (κ3) is 3.24. The second-order valence-corrected chi connectivity index (χ2v) is 8.16. The van der Waals surface area contributed by atoms with E-state index in [4.69, 9.17) is 4.74 Å². The predicted octanol–water partition coefficient (Wildman–Crippen LogP) is 3.96. The Morgan fingerprint density at radius 1 is 1.28 bits per heavy atom. The predicted molar refractivity (Wildman–Crippen MR) is 101 cm³/mol. The SMILES string of the molecule is Cc1sc2c(c1C)CN(C[C@H]1CCCO1)CN2C(=O)c1ccccc1. The zero-order valence-corrected chi connectivity index (χ0v) is 15.6. The molecule has 0 spiro atoms. The average Bonchev–Trinajstić information content (AvgIpc) is 3.24. The van der Waals surface area contributed by atoms with Crippen LogP contribution in [-0.4, -0.2) is 36.7 Å². The van der Waals surface area contributed by atoms with Crippen molar-refractivity contribution in [2.45, 2.75) is 39.3 Å². The molecular formula is C20H24N2O2S. The van der Waals surface area contributed by atoms with E-state index in [-0.39, 0.29) is 5.91 Å². The zero-order chi connectivity index (χ0) is 17.4. The molecular weight excluding hydrogens is 332 g/mol. The number of amides is 1. The first-order chi connectivity index (χ1) is 12.1. The van der Waals surface area contributed by atoms with E-state index in [0.29, 0.717) is 12.8 Å². The molecule has 0 N–H and O–H groups in total. The molecule has 1 atom stereocenters. The largest absolute Gasteiger partial charge is 0.377 e. The normalized spacial score (nSPS) is 20.7. The lowest BCUT2D eigenvalue weighted by Gasteiger charge is -2.36. The lowest BCUT2D eigenvalue weighted by atomic mass is 10.1. The van der Waals surface area contributed by atoms with Crippen LogP contribution in [0.5, 0.6) is 0 Å². The molecule has 0 unspecified atom stereocenters. The van der Waals surface area contributed by atoms with Gasteiger partial charge >= 0.3 is 0 Å². The molecule has 2 aliphatic heterocycles. The Labute approximate surface area is 153 Å². The van der Waals surface area contributed by atoms with Crippen LogP contribution in [0.25, 0.3) is 0 Å². The lowest BCUT2D eigenvalue weighted by Crippen LogP contribution is -2.47. The van der Waals surface area contributed by atoms with Crippen molar-refractivity contribution in [3.8, 4) is 0 Å². The number of ether oxygens (including phenoxy) is 1. The summed E-state index contributed by atoms with van der Waals surface area (Å²) in [6, 6.07) is 9.59. The summed E-state index contributed by atoms with van der Waals surface area (Å²) >= 11 is 1.74. The summed E-state index contributed by atoms with van der Waals surface area (Å²) in [5, 5.41) is 1.12. The molecule has 2 aromatic rings. The molecule has 1 aromatic heterocycles. The number of hydrogen-bond acceptors (Lipinski definition) is 4. The summed E-state index contributed by atoms with van der Waals surface area (Å²) in [4.78, 5) is 18.8. The Balaban J connectivity index is 1.64. The van der Waals surface area contributed by atoms with Crippen LogP contribution < -0.4 is 4.90 Å². The molecule has 132 valence electrons. The van der Waals surface area contributed by atoms with Gasteiger partial charge in [-0.2, -0.15) is 0 Å². The number of hydrogen-bond donors (Lipinski definition) is 0. The molecule has 1 fully saturated rings. The fraction of sp³-hybridized carbons (Fsp3) is 0.450. The van der Waals surface area contributed by atoms with Crippen LogP contribution in [0.4, 0.5) is 5.00 Å². The van der Waals surface area contributed by atoms with E-state index in [2.05, 4.69) is 18.7 Å². The molecule has 0 bridgehead atoms. The topological polar surface area (TPSA) is 32.8 Å². The quantitative estimate of drug-likeness (QED) is 0.834. The van der Waals surface area contributed by atoms with E-state index >= 15 is 0 Å². The van der Waals surface area contributed by atoms with Crippen LogP contribution in [-0.2, 0) is 11.3 Å². The van der Waals surface area contributed by atoms with Gasteiger partial charge in [0.05, 0.1) is 12.8 Å². The van der Waals surface area contributed by atoms with Crippen molar-refractivity contribution >= 4 is 22.2 Å². The molecule has 0 radical (unpaired) electrons. The van der Waals surface area contributed by atoms with Gasteiger partial charge < -0.3 is 4.74 Å². The van der Waals surface area contributed by atoms with Gasteiger partial charge in [-0.15, -0.1) is 11.3 Å². The van der Waals surface area contributed by atoms with Gasteiger partial charge in [-0.3, -0.25) is 14.6 Å². The molecule has 1 amide bonds. The Morgan fingerprint density at radius 3 is 2.80 bits per heavy atom. The summed E-state index contributed by atoms with van der Waals surface area (Å²) in [6.45, 7) is 7.63. The van der Waals surface area contributed by atoms with E-state index in [1.807, 2.05) is 35.2 Å². The first-order valence-corrected chi connectivity index (χ1v) is 9.75. The molecule has 5 heteroatoms. The van der Waals surface area contributed by atoms with E-state index in [0.717, 1.165) is 43.1 Å². The summed E-state index contributed by atoms with van der Waals surface area (Å²) in [6.07, 6.45) is 2.57. The molecule has 0 aliphatic carbocycles. The van der Waals surface area contributed by atoms with Crippen LogP contribution in [0.3, 0.4) is 0 Å². The minimum atomic E-state index is 0.0835. The van der Waals surface area contributed by atoms with Crippen LogP contribution in [0.2, 0.25) is 0 Å². The van der Waals surface area contributed by atoms with Crippen LogP contribution in [0, 0.1) is 13.8 Å². The van der Waals surface area contributed by atoms with Crippen LogP contribution in [0.15, 0.2) is 30.3 Å². The maximum absolute atomic E-state index is 13.1. The Bertz CT molecular complexity index is 766. The van der Waals surface area contributed by atoms with Crippen molar-refractivity contribution in [1.29, 1.82) is 0 Å². The Hall–Kier alpha value is -1.69. The molecule has 4 rings (SSSR count). The summed E-state index contributed by atoms with van der Waals surface area (Å²) in [5.74, 6) is 0.0835. The second-order valence-electron chi connectivity index (χ2n) is 6.95. The molecule has 25 heavy (non-hydrogen) atoms. The maximum Gasteiger partial charge on any atom is 0.260 e. The van der Waals surface area contributed by atoms with Gasteiger partial charge in [0.15, 0.2) is 0 Å². The molecule has 1 saturated heterocycles. The van der Waals surface area contributed by atoms with Gasteiger partial charge in [-0.05, 0) is 44.4 Å². The third-order valence-electron chi connectivity index (χ3n) is 5.21. The van der Waals surface area contributed by atoms with Gasteiger partial charge in [-0.25, -0.2) is 0 Å². The van der Waals surface area contributed by atoms with Gasteiger partial charge in [0, 0.05) is 35.7 Å². The van der Waals surface area contributed by atoms with Crippen molar-refractivity contribution in [3.05, 3.63) is 51.9 Å². The smallest absolute Gasteiger partial charge is 0.260 e. The van der Waals surface area contributed by atoms with E-state index in [9.17, 15) is 4.79 Å². The van der Waals surface area contributed by atoms with Crippen LogP contribution in [0.1, 0.15) is 39.2 Å². The maximum atomic E-state index is 13.1. The number of carbonyl (C=O) groups excluding carboxylic acids is 1. The number of thiophene rings is 1. The van der Waals surface area contributed by atoms with Crippen molar-refractivity contribution < 1.29 is 9.53 Å². The number of anilines is 1. The third-order valence-corrected chi connectivity index (χ3v) is 6.48. The summed E-state index contributed by atoms with van der Waals surface area (Å²) in [5.41, 5.74) is 3.37. The number of carbonyl (C=O) groups is 1. The van der Waals surface area contributed by atoms with Gasteiger partial charge in [0.2, 0.25) is 0 Å². The average molecular weight is 356 g/mol. The fourth-order valence-corrected chi connectivity index (χ4v) is 4.85. The number of benzene rings is 1. The highest BCUT2D eigenvalue weighted by molar-refractivity contribution is 7.16. The molecule has 3 heterocycles. The highest BCUT2D eigenvalue weighted by Gasteiger charge is 2.32. The van der Waals surface area contributed by atoms with Crippen molar-refractivity contribution in [3.63, 3.8) is 0 Å². The van der Waals surface area contributed by atoms with Gasteiger partial charge in [0.25, 0.3) is 5.91 Å². The standard InChI is InChI=1S/C20H24N2O2S/c1-14-15(2)25-20-18(14)12-21(11-17-9-6-10-24-17)13-22(20)19(23)16-7-4-3-5-8-16/h3-5,7-8,17H,6,9-13H2,1-2H3/t17-/m1/s1. The van der Waals surface area contributed by atoms with Crippen molar-refractivity contribution in [1.82, 2.24) is 4.90 Å². The van der Waals surface area contributed by atoms with Crippen LogP contribution >= 0.6 is 11.3 Å². The number of rotatable bonds is 3. The van der Waals surface area contributed by atoms with Crippen molar-refractivity contribution in [2.75, 3.05) is 24.7 Å². The Morgan fingerprint density at radius 2 is 2.08 bits per heavy atom. The molecule has 1 aromatic carbocycles. The van der Waals surface area contributed by atoms with E-state index in [1.165, 1.54) is 16.0 Å². The highest BCUT2D eigenvalue weighted by Crippen LogP contribution is 2.40. The Kier molecular flexibility index (Phi) is 4.63. The monoisotopic (exact) mass is 356 g/mol. The number of fused-ring (bicyclic) bond motifs is 1. The highest BCUT2D eigenvalue weighted by atomic mass is 32.1. The first-order valence-electron chi connectivity index (χ1n) is 8.93. The zero-order valence-electron chi connectivity index (χ0n) is 14.8. The summed E-state index contributed by atoms with van der Waals surface area (Å²) in [7, 11) is 0. The number of nitrogens with zero attached hydrogens (tertiary/aromatic N) is 2.